The number of esters is 2. The second kappa shape index (κ2) is 11.3. The molecule has 0 aromatic heterocycles. The van der Waals surface area contributed by atoms with Crippen molar-refractivity contribution >= 4 is 18.0 Å². The van der Waals surface area contributed by atoms with Gasteiger partial charge in [0.15, 0.2) is 6.10 Å². The SMILES string of the molecule is CC(C)(C)OC(=O)CC1C(=O)OC(c2ccccc2)C(c2ccccc2)N1C(=O)OCc1ccccc1. The van der Waals surface area contributed by atoms with E-state index in [2.05, 4.69) is 0 Å². The second-order valence-corrected chi connectivity index (χ2v) is 9.88. The average molecular weight is 502 g/mol. The summed E-state index contributed by atoms with van der Waals surface area (Å²) in [5, 5.41) is 0. The number of carbonyl (C=O) groups excluding carboxylic acids is 3. The van der Waals surface area contributed by atoms with Gasteiger partial charge in [-0.3, -0.25) is 9.69 Å². The minimum absolute atomic E-state index is 0.0158. The highest BCUT2D eigenvalue weighted by Crippen LogP contribution is 2.43. The molecule has 0 bridgehead atoms. The Morgan fingerprint density at radius 1 is 0.838 bits per heavy atom. The molecule has 7 nitrogen and oxygen atoms in total. The zero-order chi connectivity index (χ0) is 26.4. The maximum Gasteiger partial charge on any atom is 0.411 e. The Balaban J connectivity index is 1.74. The van der Waals surface area contributed by atoms with Crippen LogP contribution in [0, 0.1) is 0 Å². The van der Waals surface area contributed by atoms with Crippen LogP contribution in [0.4, 0.5) is 4.79 Å². The lowest BCUT2D eigenvalue weighted by Crippen LogP contribution is -2.55. The number of nitrogens with zero attached hydrogens (tertiary/aromatic N) is 1. The number of amides is 1. The average Bonchev–Trinajstić information content (AvgIpc) is 2.88. The van der Waals surface area contributed by atoms with Crippen molar-refractivity contribution in [3.05, 3.63) is 108 Å². The van der Waals surface area contributed by atoms with Gasteiger partial charge in [-0.1, -0.05) is 91.0 Å². The van der Waals surface area contributed by atoms with Crippen LogP contribution in [-0.2, 0) is 30.4 Å². The van der Waals surface area contributed by atoms with Gasteiger partial charge in [0.05, 0.1) is 6.42 Å². The molecule has 3 atom stereocenters. The third-order valence-electron chi connectivity index (χ3n) is 5.90. The zero-order valence-corrected chi connectivity index (χ0v) is 21.2. The van der Waals surface area contributed by atoms with Gasteiger partial charge in [0.25, 0.3) is 0 Å². The number of hydrogen-bond donors (Lipinski definition) is 0. The van der Waals surface area contributed by atoms with E-state index >= 15 is 0 Å². The fourth-order valence-electron chi connectivity index (χ4n) is 4.36. The molecule has 3 aromatic rings. The standard InChI is InChI=1S/C30H31NO6/c1-30(2,3)37-25(32)19-24-28(33)36-27(23-17-11-6-12-18-23)26(22-15-9-5-10-16-22)31(24)29(34)35-20-21-13-7-4-8-14-21/h4-18,24,26-27H,19-20H2,1-3H3. The molecule has 0 radical (unpaired) electrons. The summed E-state index contributed by atoms with van der Waals surface area (Å²) in [6.45, 7) is 5.25. The first kappa shape index (κ1) is 25.9. The minimum atomic E-state index is -1.22. The fraction of sp³-hybridized carbons (Fsp3) is 0.300. The Bertz CT molecular complexity index is 1210. The summed E-state index contributed by atoms with van der Waals surface area (Å²) >= 11 is 0. The molecule has 192 valence electrons. The molecule has 0 aliphatic carbocycles. The van der Waals surface area contributed by atoms with Crippen molar-refractivity contribution in [2.45, 2.75) is 57.6 Å². The maximum atomic E-state index is 13.7. The summed E-state index contributed by atoms with van der Waals surface area (Å²) in [4.78, 5) is 41.2. The lowest BCUT2D eigenvalue weighted by Gasteiger charge is -2.44. The fourth-order valence-corrected chi connectivity index (χ4v) is 4.36. The van der Waals surface area contributed by atoms with Gasteiger partial charge >= 0.3 is 18.0 Å². The van der Waals surface area contributed by atoms with Crippen LogP contribution in [0.1, 0.15) is 56.0 Å². The van der Waals surface area contributed by atoms with Crippen molar-refractivity contribution in [1.29, 1.82) is 0 Å². The van der Waals surface area contributed by atoms with Crippen molar-refractivity contribution in [2.75, 3.05) is 0 Å². The molecule has 0 saturated carbocycles. The van der Waals surface area contributed by atoms with Crippen molar-refractivity contribution in [1.82, 2.24) is 4.90 Å². The summed E-state index contributed by atoms with van der Waals surface area (Å²) < 4.78 is 17.1. The van der Waals surface area contributed by atoms with Crippen molar-refractivity contribution in [3.63, 3.8) is 0 Å². The van der Waals surface area contributed by atoms with Crippen LogP contribution in [0.25, 0.3) is 0 Å². The zero-order valence-electron chi connectivity index (χ0n) is 21.2. The van der Waals surface area contributed by atoms with Crippen LogP contribution in [0.3, 0.4) is 0 Å². The number of morpholine rings is 1. The van der Waals surface area contributed by atoms with Gasteiger partial charge in [0.1, 0.15) is 24.3 Å². The molecule has 0 spiro atoms. The predicted octanol–water partition coefficient (Wildman–Crippen LogP) is 5.77. The van der Waals surface area contributed by atoms with Crippen LogP contribution in [0.2, 0.25) is 0 Å². The molecule has 1 saturated heterocycles. The third-order valence-corrected chi connectivity index (χ3v) is 5.90. The van der Waals surface area contributed by atoms with E-state index in [4.69, 9.17) is 14.2 Å². The van der Waals surface area contributed by atoms with Crippen LogP contribution in [0.15, 0.2) is 91.0 Å². The molecule has 37 heavy (non-hydrogen) atoms. The number of cyclic esters (lactones) is 1. The summed E-state index contributed by atoms with van der Waals surface area (Å²) in [5.41, 5.74) is 1.52. The molecule has 1 aliphatic rings. The number of ether oxygens (including phenoxy) is 3. The van der Waals surface area contributed by atoms with Crippen LogP contribution >= 0.6 is 0 Å². The third kappa shape index (κ3) is 6.55. The Labute approximate surface area is 217 Å². The molecular formula is C30H31NO6. The molecule has 0 N–H and O–H groups in total. The molecule has 1 fully saturated rings. The van der Waals surface area contributed by atoms with E-state index in [1.807, 2.05) is 91.0 Å². The van der Waals surface area contributed by atoms with Gasteiger partial charge in [-0.05, 0) is 37.5 Å². The lowest BCUT2D eigenvalue weighted by molar-refractivity contribution is -0.178. The molecular weight excluding hydrogens is 470 g/mol. The molecule has 1 heterocycles. The Morgan fingerprint density at radius 3 is 1.95 bits per heavy atom. The van der Waals surface area contributed by atoms with Crippen molar-refractivity contribution in [3.8, 4) is 0 Å². The van der Waals surface area contributed by atoms with E-state index in [1.54, 1.807) is 20.8 Å². The number of rotatable bonds is 6. The summed E-state index contributed by atoms with van der Waals surface area (Å²) in [5.74, 6) is -1.30. The van der Waals surface area contributed by atoms with E-state index in [0.717, 1.165) is 16.7 Å². The van der Waals surface area contributed by atoms with Crippen LogP contribution < -0.4 is 0 Å². The number of benzene rings is 3. The predicted molar refractivity (Wildman–Crippen MR) is 137 cm³/mol. The van der Waals surface area contributed by atoms with Crippen molar-refractivity contribution in [2.24, 2.45) is 0 Å². The second-order valence-electron chi connectivity index (χ2n) is 9.88. The monoisotopic (exact) mass is 501 g/mol. The highest BCUT2D eigenvalue weighted by atomic mass is 16.6. The highest BCUT2D eigenvalue weighted by molar-refractivity contribution is 5.88. The van der Waals surface area contributed by atoms with E-state index in [1.165, 1.54) is 4.90 Å². The Hall–Kier alpha value is -4.13. The molecule has 4 rings (SSSR count). The molecule has 3 aromatic carbocycles. The summed E-state index contributed by atoms with van der Waals surface area (Å²) in [6.07, 6.45) is -1.87. The first-order chi connectivity index (χ1) is 17.7. The van der Waals surface area contributed by atoms with Gasteiger partial charge in [-0.15, -0.1) is 0 Å². The molecule has 1 aliphatic heterocycles. The van der Waals surface area contributed by atoms with Gasteiger partial charge in [-0.25, -0.2) is 9.59 Å². The Kier molecular flexibility index (Phi) is 7.92. The topological polar surface area (TPSA) is 82.1 Å². The van der Waals surface area contributed by atoms with Gasteiger partial charge in [0, 0.05) is 0 Å². The largest absolute Gasteiger partial charge is 0.460 e. The van der Waals surface area contributed by atoms with Gasteiger partial charge in [0.2, 0.25) is 0 Å². The number of carbonyl (C=O) groups is 3. The van der Waals surface area contributed by atoms with E-state index in [9.17, 15) is 14.4 Å². The van der Waals surface area contributed by atoms with Crippen LogP contribution in [-0.4, -0.2) is 34.6 Å². The number of hydrogen-bond acceptors (Lipinski definition) is 6. The highest BCUT2D eigenvalue weighted by Gasteiger charge is 2.49. The summed E-state index contributed by atoms with van der Waals surface area (Å²) in [6, 6.07) is 25.9. The van der Waals surface area contributed by atoms with Crippen LogP contribution in [0.5, 0.6) is 0 Å². The van der Waals surface area contributed by atoms with E-state index in [0.29, 0.717) is 0 Å². The quantitative estimate of drug-likeness (QED) is 0.315. The summed E-state index contributed by atoms with van der Waals surface area (Å²) in [7, 11) is 0. The van der Waals surface area contributed by atoms with Crippen molar-refractivity contribution < 1.29 is 28.6 Å². The molecule has 1 amide bonds. The lowest BCUT2D eigenvalue weighted by atomic mass is 9.90. The molecule has 7 heteroatoms. The van der Waals surface area contributed by atoms with Gasteiger partial charge in [-0.2, -0.15) is 0 Å². The van der Waals surface area contributed by atoms with E-state index < -0.39 is 41.8 Å². The first-order valence-electron chi connectivity index (χ1n) is 12.2. The smallest absolute Gasteiger partial charge is 0.411 e. The van der Waals surface area contributed by atoms with E-state index in [-0.39, 0.29) is 13.0 Å². The molecule has 3 unspecified atom stereocenters. The maximum absolute atomic E-state index is 13.7. The minimum Gasteiger partial charge on any atom is -0.460 e. The normalized spacial score (nSPS) is 19.6. The van der Waals surface area contributed by atoms with Gasteiger partial charge < -0.3 is 14.2 Å². The Morgan fingerprint density at radius 2 is 1.38 bits per heavy atom. The first-order valence-corrected chi connectivity index (χ1v) is 12.2.